The summed E-state index contributed by atoms with van der Waals surface area (Å²) in [6.07, 6.45) is 0.648. The number of amides is 1. The van der Waals surface area contributed by atoms with E-state index in [2.05, 4.69) is 0 Å². The number of nitrogens with zero attached hydrogens (tertiary/aromatic N) is 2. The fourth-order valence-corrected chi connectivity index (χ4v) is 2.19. The first-order valence-corrected chi connectivity index (χ1v) is 6.50. The van der Waals surface area contributed by atoms with Gasteiger partial charge in [-0.1, -0.05) is 0 Å². The normalized spacial score (nSPS) is 24.4. The summed E-state index contributed by atoms with van der Waals surface area (Å²) in [5.41, 5.74) is -0.613. The van der Waals surface area contributed by atoms with E-state index in [1.807, 2.05) is 19.0 Å². The quantitative estimate of drug-likeness (QED) is 0.823. The van der Waals surface area contributed by atoms with Gasteiger partial charge in [-0.15, -0.1) is 0 Å². The van der Waals surface area contributed by atoms with Crippen molar-refractivity contribution in [2.24, 2.45) is 0 Å². The Morgan fingerprint density at radius 1 is 1.32 bits per heavy atom. The van der Waals surface area contributed by atoms with Crippen molar-refractivity contribution >= 4 is 12.1 Å². The molecule has 1 N–H and O–H groups in total. The summed E-state index contributed by atoms with van der Waals surface area (Å²) < 4.78 is 5.26. The highest BCUT2D eigenvalue weighted by atomic mass is 16.6. The lowest BCUT2D eigenvalue weighted by molar-refractivity contribution is -0.145. The van der Waals surface area contributed by atoms with E-state index < -0.39 is 23.7 Å². The largest absolute Gasteiger partial charge is 0.480 e. The minimum absolute atomic E-state index is 0.180. The summed E-state index contributed by atoms with van der Waals surface area (Å²) >= 11 is 0. The lowest BCUT2D eigenvalue weighted by atomic mass is 9.97. The van der Waals surface area contributed by atoms with Gasteiger partial charge in [-0.05, 0) is 47.7 Å². The number of ether oxygens (including phenoxy) is 1. The van der Waals surface area contributed by atoms with Crippen molar-refractivity contribution in [1.82, 2.24) is 9.80 Å². The SMILES string of the molecule is CN(C)C1CCN(C(=O)OC(C)(C)C)C(C(=O)O)C1. The number of carboxylic acids is 1. The van der Waals surface area contributed by atoms with Gasteiger partial charge in [0.25, 0.3) is 0 Å². The predicted octanol–water partition coefficient (Wildman–Crippen LogP) is 1.40. The van der Waals surface area contributed by atoms with Gasteiger partial charge < -0.3 is 14.7 Å². The second-order valence-corrected chi connectivity index (χ2v) is 6.17. The van der Waals surface area contributed by atoms with Crippen molar-refractivity contribution < 1.29 is 19.4 Å². The second-order valence-electron chi connectivity index (χ2n) is 6.17. The van der Waals surface area contributed by atoms with Gasteiger partial charge in [-0.2, -0.15) is 0 Å². The number of carboxylic acid groups (broad SMARTS) is 1. The molecule has 1 saturated heterocycles. The van der Waals surface area contributed by atoms with Gasteiger partial charge in [-0.25, -0.2) is 9.59 Å². The highest BCUT2D eigenvalue weighted by Crippen LogP contribution is 2.23. The lowest BCUT2D eigenvalue weighted by Crippen LogP contribution is -2.54. The van der Waals surface area contributed by atoms with Crippen molar-refractivity contribution in [1.29, 1.82) is 0 Å². The molecule has 0 aliphatic carbocycles. The third-order valence-corrected chi connectivity index (χ3v) is 3.22. The number of carbonyl (C=O) groups excluding carboxylic acids is 1. The smallest absolute Gasteiger partial charge is 0.411 e. The molecule has 1 fully saturated rings. The van der Waals surface area contributed by atoms with Crippen LogP contribution >= 0.6 is 0 Å². The Bertz CT molecular complexity index is 349. The molecule has 2 atom stereocenters. The summed E-state index contributed by atoms with van der Waals surface area (Å²) in [5.74, 6) is -0.975. The molecule has 19 heavy (non-hydrogen) atoms. The van der Waals surface area contributed by atoms with Crippen LogP contribution in [0.5, 0.6) is 0 Å². The topological polar surface area (TPSA) is 70.1 Å². The van der Waals surface area contributed by atoms with Crippen LogP contribution in [0.4, 0.5) is 4.79 Å². The minimum atomic E-state index is -0.975. The maximum Gasteiger partial charge on any atom is 0.411 e. The number of aliphatic carboxylic acids is 1. The Balaban J connectivity index is 2.77. The van der Waals surface area contributed by atoms with Gasteiger partial charge in [0.1, 0.15) is 11.6 Å². The van der Waals surface area contributed by atoms with Crippen LogP contribution < -0.4 is 0 Å². The Hall–Kier alpha value is -1.30. The van der Waals surface area contributed by atoms with Gasteiger partial charge in [0.15, 0.2) is 0 Å². The summed E-state index contributed by atoms with van der Waals surface area (Å²) in [5, 5.41) is 9.29. The van der Waals surface area contributed by atoms with Crippen LogP contribution in [-0.4, -0.2) is 65.3 Å². The lowest BCUT2D eigenvalue weighted by Gasteiger charge is -2.39. The zero-order valence-corrected chi connectivity index (χ0v) is 12.3. The summed E-state index contributed by atoms with van der Waals surface area (Å²) in [6, 6.07) is -0.629. The second kappa shape index (κ2) is 5.77. The van der Waals surface area contributed by atoms with Crippen LogP contribution in [0.3, 0.4) is 0 Å². The molecule has 0 radical (unpaired) electrons. The van der Waals surface area contributed by atoms with E-state index in [0.717, 1.165) is 6.42 Å². The molecule has 110 valence electrons. The fourth-order valence-electron chi connectivity index (χ4n) is 2.19. The number of hydrogen-bond acceptors (Lipinski definition) is 4. The van der Waals surface area contributed by atoms with Crippen molar-refractivity contribution in [3.8, 4) is 0 Å². The summed E-state index contributed by atoms with van der Waals surface area (Å²) in [6.45, 7) is 5.72. The van der Waals surface area contributed by atoms with Crippen LogP contribution in [0.15, 0.2) is 0 Å². The molecule has 0 aromatic rings. The van der Waals surface area contributed by atoms with Crippen LogP contribution in [0.2, 0.25) is 0 Å². The Labute approximate surface area is 114 Å². The van der Waals surface area contributed by atoms with Crippen LogP contribution in [0, 0.1) is 0 Å². The number of carbonyl (C=O) groups is 2. The van der Waals surface area contributed by atoms with Gasteiger partial charge in [0.2, 0.25) is 0 Å². The molecule has 1 heterocycles. The maximum atomic E-state index is 12.0. The van der Waals surface area contributed by atoms with Crippen molar-refractivity contribution in [3.63, 3.8) is 0 Å². The number of rotatable bonds is 2. The average Bonchev–Trinajstić information content (AvgIpc) is 2.25. The number of piperidine rings is 1. The zero-order chi connectivity index (χ0) is 14.8. The Kier molecular flexibility index (Phi) is 4.79. The fraction of sp³-hybridized carbons (Fsp3) is 0.846. The van der Waals surface area contributed by atoms with Gasteiger partial charge in [-0.3, -0.25) is 4.90 Å². The maximum absolute atomic E-state index is 12.0. The molecule has 6 heteroatoms. The van der Waals surface area contributed by atoms with Crippen molar-refractivity contribution in [2.75, 3.05) is 20.6 Å². The predicted molar refractivity (Wildman–Crippen MR) is 71.1 cm³/mol. The van der Waals surface area contributed by atoms with Crippen LogP contribution in [0.25, 0.3) is 0 Å². The van der Waals surface area contributed by atoms with Gasteiger partial charge in [0.05, 0.1) is 0 Å². The average molecular weight is 272 g/mol. The third kappa shape index (κ3) is 4.38. The Morgan fingerprint density at radius 3 is 2.32 bits per heavy atom. The molecule has 2 unspecified atom stereocenters. The van der Waals surface area contributed by atoms with Crippen molar-refractivity contribution in [3.05, 3.63) is 0 Å². The Morgan fingerprint density at radius 2 is 1.89 bits per heavy atom. The molecule has 0 spiro atoms. The molecule has 1 rings (SSSR count). The van der Waals surface area contributed by atoms with E-state index in [1.54, 1.807) is 20.8 Å². The minimum Gasteiger partial charge on any atom is -0.480 e. The van der Waals surface area contributed by atoms with E-state index in [9.17, 15) is 14.7 Å². The molecule has 1 aliphatic heterocycles. The van der Waals surface area contributed by atoms with Crippen molar-refractivity contribution in [2.45, 2.75) is 51.3 Å². The first-order valence-electron chi connectivity index (χ1n) is 6.50. The first kappa shape index (κ1) is 15.8. The van der Waals surface area contributed by atoms with Gasteiger partial charge >= 0.3 is 12.1 Å². The van der Waals surface area contributed by atoms with Crippen LogP contribution in [-0.2, 0) is 9.53 Å². The standard InChI is InChI=1S/C13H24N2O4/c1-13(2,3)19-12(18)15-7-6-9(14(4)5)8-10(15)11(16)17/h9-10H,6-8H2,1-5H3,(H,16,17). The van der Waals surface area contributed by atoms with E-state index in [4.69, 9.17) is 4.74 Å². The molecule has 6 nitrogen and oxygen atoms in total. The molecular weight excluding hydrogens is 248 g/mol. The van der Waals surface area contributed by atoms with E-state index in [1.165, 1.54) is 4.90 Å². The molecular formula is C13H24N2O4. The van der Waals surface area contributed by atoms with E-state index in [-0.39, 0.29) is 6.04 Å². The first-order chi connectivity index (χ1) is 8.61. The monoisotopic (exact) mass is 272 g/mol. The molecule has 0 bridgehead atoms. The highest BCUT2D eigenvalue weighted by Gasteiger charge is 2.38. The third-order valence-electron chi connectivity index (χ3n) is 3.22. The summed E-state index contributed by atoms with van der Waals surface area (Å²) in [7, 11) is 3.85. The molecule has 0 aromatic heterocycles. The van der Waals surface area contributed by atoms with Gasteiger partial charge in [0, 0.05) is 12.6 Å². The summed E-state index contributed by atoms with van der Waals surface area (Å²) in [4.78, 5) is 26.7. The highest BCUT2D eigenvalue weighted by molar-refractivity contribution is 5.80. The molecule has 0 saturated carbocycles. The molecule has 1 aliphatic rings. The molecule has 0 aromatic carbocycles. The zero-order valence-electron chi connectivity index (χ0n) is 12.3. The number of hydrogen-bond donors (Lipinski definition) is 1. The molecule has 1 amide bonds. The van der Waals surface area contributed by atoms with E-state index in [0.29, 0.717) is 13.0 Å². The van der Waals surface area contributed by atoms with Crippen LogP contribution in [0.1, 0.15) is 33.6 Å². The number of likely N-dealkylation sites (tertiary alicyclic amines) is 1. The van der Waals surface area contributed by atoms with E-state index >= 15 is 0 Å².